The Hall–Kier alpha value is -2.75. The van der Waals surface area contributed by atoms with Gasteiger partial charge in [-0.1, -0.05) is 36.9 Å². The standard InChI is InChI=1S/C19H22N2O2/c1-4-12-23-18-11-6-5-9-17(18)21-19(22)13-20-16-10-7-8-14(2)15(16)3/h4-11,20H,1,12-13H2,2-3H3,(H,21,22). The van der Waals surface area contributed by atoms with Gasteiger partial charge in [0, 0.05) is 5.69 Å². The minimum atomic E-state index is -0.124. The lowest BCUT2D eigenvalue weighted by Gasteiger charge is -2.13. The molecule has 2 N–H and O–H groups in total. The van der Waals surface area contributed by atoms with Crippen LogP contribution in [0.4, 0.5) is 11.4 Å². The summed E-state index contributed by atoms with van der Waals surface area (Å²) in [7, 11) is 0. The molecule has 0 aliphatic carbocycles. The number of carbonyl (C=O) groups is 1. The van der Waals surface area contributed by atoms with Crippen LogP contribution >= 0.6 is 0 Å². The topological polar surface area (TPSA) is 50.4 Å². The molecule has 4 nitrogen and oxygen atoms in total. The van der Waals surface area contributed by atoms with Gasteiger partial charge in [-0.3, -0.25) is 4.79 Å². The summed E-state index contributed by atoms with van der Waals surface area (Å²) in [6.45, 7) is 8.30. The molecule has 1 amide bonds. The molecule has 0 bridgehead atoms. The normalized spacial score (nSPS) is 10.0. The number of ether oxygens (including phenoxy) is 1. The fourth-order valence-electron chi connectivity index (χ4n) is 2.16. The Labute approximate surface area is 137 Å². The van der Waals surface area contributed by atoms with E-state index in [1.807, 2.05) is 56.3 Å². The van der Waals surface area contributed by atoms with Crippen LogP contribution in [0, 0.1) is 13.8 Å². The molecule has 23 heavy (non-hydrogen) atoms. The van der Waals surface area contributed by atoms with Gasteiger partial charge in [0.1, 0.15) is 12.4 Å². The highest BCUT2D eigenvalue weighted by Crippen LogP contribution is 2.23. The number of amides is 1. The Kier molecular flexibility index (Phi) is 5.80. The molecule has 2 aromatic rings. The van der Waals surface area contributed by atoms with E-state index in [4.69, 9.17) is 4.74 Å². The number of hydrogen-bond donors (Lipinski definition) is 2. The van der Waals surface area contributed by atoms with Gasteiger partial charge in [-0.25, -0.2) is 0 Å². The third-order valence-corrected chi connectivity index (χ3v) is 3.56. The lowest BCUT2D eigenvalue weighted by Crippen LogP contribution is -2.22. The summed E-state index contributed by atoms with van der Waals surface area (Å²) in [4.78, 5) is 12.2. The first kappa shape index (κ1) is 16.6. The van der Waals surface area contributed by atoms with Crippen molar-refractivity contribution < 1.29 is 9.53 Å². The third kappa shape index (κ3) is 4.61. The van der Waals surface area contributed by atoms with Crippen molar-refractivity contribution in [1.29, 1.82) is 0 Å². The first-order valence-corrected chi connectivity index (χ1v) is 7.54. The zero-order chi connectivity index (χ0) is 16.7. The summed E-state index contributed by atoms with van der Waals surface area (Å²) >= 11 is 0. The molecule has 0 heterocycles. The number of anilines is 2. The van der Waals surface area contributed by atoms with Crippen molar-refractivity contribution in [2.75, 3.05) is 23.8 Å². The average molecular weight is 310 g/mol. The van der Waals surface area contributed by atoms with Crippen molar-refractivity contribution >= 4 is 17.3 Å². The molecule has 0 aliphatic rings. The van der Waals surface area contributed by atoms with Gasteiger partial charge in [-0.2, -0.15) is 0 Å². The molecule has 2 rings (SSSR count). The molecule has 0 fully saturated rings. The number of rotatable bonds is 7. The predicted molar refractivity (Wildman–Crippen MR) is 95.2 cm³/mol. The van der Waals surface area contributed by atoms with Crippen LogP contribution in [-0.2, 0) is 4.79 Å². The Morgan fingerprint density at radius 2 is 1.87 bits per heavy atom. The molecule has 120 valence electrons. The van der Waals surface area contributed by atoms with Crippen molar-refractivity contribution in [2.24, 2.45) is 0 Å². The van der Waals surface area contributed by atoms with Gasteiger partial charge in [0.25, 0.3) is 0 Å². The molecule has 0 saturated heterocycles. The smallest absolute Gasteiger partial charge is 0.243 e. The fraction of sp³-hybridized carbons (Fsp3) is 0.211. The van der Waals surface area contributed by atoms with Gasteiger partial charge in [-0.05, 0) is 43.2 Å². The molecule has 0 atom stereocenters. The first-order chi connectivity index (χ1) is 11.1. The molecule has 0 unspecified atom stereocenters. The molecule has 2 aromatic carbocycles. The van der Waals surface area contributed by atoms with Gasteiger partial charge in [0.15, 0.2) is 0 Å². The van der Waals surface area contributed by atoms with Gasteiger partial charge in [-0.15, -0.1) is 0 Å². The molecular weight excluding hydrogens is 288 g/mol. The molecule has 0 saturated carbocycles. The van der Waals surface area contributed by atoms with Crippen LogP contribution in [0.15, 0.2) is 55.1 Å². The monoisotopic (exact) mass is 310 g/mol. The summed E-state index contributed by atoms with van der Waals surface area (Å²) in [6.07, 6.45) is 1.67. The fourth-order valence-corrected chi connectivity index (χ4v) is 2.16. The van der Waals surface area contributed by atoms with Gasteiger partial charge < -0.3 is 15.4 Å². The SMILES string of the molecule is C=CCOc1ccccc1NC(=O)CNc1cccc(C)c1C. The minimum Gasteiger partial charge on any atom is -0.487 e. The maximum atomic E-state index is 12.2. The van der Waals surface area contributed by atoms with Gasteiger partial charge >= 0.3 is 0 Å². The lowest BCUT2D eigenvalue weighted by molar-refractivity contribution is -0.114. The van der Waals surface area contributed by atoms with Crippen molar-refractivity contribution in [3.8, 4) is 5.75 Å². The maximum Gasteiger partial charge on any atom is 0.243 e. The number of hydrogen-bond acceptors (Lipinski definition) is 3. The number of para-hydroxylation sites is 2. The van der Waals surface area contributed by atoms with E-state index in [1.54, 1.807) is 6.08 Å². The van der Waals surface area contributed by atoms with E-state index in [-0.39, 0.29) is 12.5 Å². The third-order valence-electron chi connectivity index (χ3n) is 3.56. The highest BCUT2D eigenvalue weighted by molar-refractivity contribution is 5.95. The van der Waals surface area contributed by atoms with Crippen molar-refractivity contribution in [2.45, 2.75) is 13.8 Å². The van der Waals surface area contributed by atoms with Crippen molar-refractivity contribution in [1.82, 2.24) is 0 Å². The number of benzene rings is 2. The van der Waals surface area contributed by atoms with Gasteiger partial charge in [0.05, 0.1) is 12.2 Å². The largest absolute Gasteiger partial charge is 0.487 e. The van der Waals surface area contributed by atoms with Crippen molar-refractivity contribution in [3.05, 3.63) is 66.2 Å². The highest BCUT2D eigenvalue weighted by Gasteiger charge is 2.08. The van der Waals surface area contributed by atoms with E-state index in [9.17, 15) is 4.79 Å². The van der Waals surface area contributed by atoms with E-state index in [0.29, 0.717) is 18.0 Å². The Balaban J connectivity index is 1.97. The highest BCUT2D eigenvalue weighted by atomic mass is 16.5. The summed E-state index contributed by atoms with van der Waals surface area (Å²) in [5.74, 6) is 0.507. The van der Waals surface area contributed by atoms with E-state index in [2.05, 4.69) is 17.2 Å². The molecule has 0 aliphatic heterocycles. The predicted octanol–water partition coefficient (Wildman–Crippen LogP) is 3.92. The number of nitrogens with one attached hydrogen (secondary N) is 2. The summed E-state index contributed by atoms with van der Waals surface area (Å²) < 4.78 is 5.53. The van der Waals surface area contributed by atoms with Crippen LogP contribution in [-0.4, -0.2) is 19.1 Å². The zero-order valence-corrected chi connectivity index (χ0v) is 13.6. The summed E-state index contributed by atoms with van der Waals surface area (Å²) in [5.41, 5.74) is 3.96. The number of aryl methyl sites for hydroxylation is 1. The van der Waals surface area contributed by atoms with Crippen molar-refractivity contribution in [3.63, 3.8) is 0 Å². The molecule has 4 heteroatoms. The van der Waals surface area contributed by atoms with E-state index in [1.165, 1.54) is 5.56 Å². The van der Waals surface area contributed by atoms with E-state index >= 15 is 0 Å². The summed E-state index contributed by atoms with van der Waals surface area (Å²) in [6, 6.07) is 13.3. The summed E-state index contributed by atoms with van der Waals surface area (Å²) in [5, 5.41) is 6.03. The van der Waals surface area contributed by atoms with E-state index in [0.717, 1.165) is 11.3 Å². The zero-order valence-electron chi connectivity index (χ0n) is 13.6. The Bertz CT molecular complexity index is 696. The molecular formula is C19H22N2O2. The van der Waals surface area contributed by atoms with Crippen LogP contribution in [0.1, 0.15) is 11.1 Å². The number of carbonyl (C=O) groups excluding carboxylic acids is 1. The quantitative estimate of drug-likeness (QED) is 0.762. The van der Waals surface area contributed by atoms with Crippen LogP contribution in [0.5, 0.6) is 5.75 Å². The second-order valence-electron chi connectivity index (χ2n) is 5.25. The lowest BCUT2D eigenvalue weighted by atomic mass is 10.1. The van der Waals surface area contributed by atoms with Crippen LogP contribution < -0.4 is 15.4 Å². The first-order valence-electron chi connectivity index (χ1n) is 7.54. The van der Waals surface area contributed by atoms with Crippen LogP contribution in [0.3, 0.4) is 0 Å². The second-order valence-corrected chi connectivity index (χ2v) is 5.25. The second kappa shape index (κ2) is 8.03. The molecule has 0 spiro atoms. The maximum absolute atomic E-state index is 12.2. The average Bonchev–Trinajstić information content (AvgIpc) is 2.55. The molecule has 0 radical (unpaired) electrons. The van der Waals surface area contributed by atoms with Crippen LogP contribution in [0.25, 0.3) is 0 Å². The van der Waals surface area contributed by atoms with Gasteiger partial charge in [0.2, 0.25) is 5.91 Å². The van der Waals surface area contributed by atoms with E-state index < -0.39 is 0 Å². The van der Waals surface area contributed by atoms with Crippen LogP contribution in [0.2, 0.25) is 0 Å². The minimum absolute atomic E-state index is 0.124. The Morgan fingerprint density at radius 1 is 1.13 bits per heavy atom. The Morgan fingerprint density at radius 3 is 2.65 bits per heavy atom. The molecule has 0 aromatic heterocycles.